The average Bonchev–Trinajstić information content (AvgIpc) is 3.40. The molecule has 13 nitrogen and oxygen atoms in total. The Labute approximate surface area is 417 Å². The first-order chi connectivity index (χ1) is 33.7. The number of hydrogen-bond donors (Lipinski definition) is 2. The highest BCUT2D eigenvalue weighted by molar-refractivity contribution is 8.06. The second-order valence-corrected chi connectivity index (χ2v) is 20.2. The van der Waals surface area contributed by atoms with Crippen LogP contribution in [0.5, 0.6) is 0 Å². The molecule has 0 aliphatic carbocycles. The zero-order valence-electron chi connectivity index (χ0n) is 37.7. The number of carbonyl (C=O) groups excluding carboxylic acids is 5. The zero-order valence-corrected chi connectivity index (χ0v) is 41.0. The van der Waals surface area contributed by atoms with Crippen LogP contribution < -0.4 is 11.1 Å². The standard InChI is InChI=1S/C30H28N2O5S2.C22H22N2O4S2/c1-36-19-39-23-18-38-29-25(31-24(33)17-20-11-5-2-6-12-20)28(34)32(29)26(23)30(35)37-27(21-13-7-3-8-14-21)22-15-9-4-10-16-22;1-27-13-30-16-12-29-21-17(23)20(25)24(21)18(16)22(26)28-19(14-8-4-2-5-9-14)15-10-6-3-7-11-15/h2-16,25,27,29H,17-19H2,1H3,(H,31,33);2-11,17,19,21H,12-13,23H2,1H3/t25-,29-;17-,21-/m11/s1. The molecule has 4 aliphatic rings. The molecule has 9 rings (SSSR count). The zero-order chi connectivity index (χ0) is 48.3. The van der Waals surface area contributed by atoms with Gasteiger partial charge in [0.2, 0.25) is 11.8 Å². The lowest BCUT2D eigenvalue weighted by atomic mass is 10.0. The summed E-state index contributed by atoms with van der Waals surface area (Å²) in [6, 6.07) is 46.2. The predicted molar refractivity (Wildman–Crippen MR) is 271 cm³/mol. The fraction of sp³-hybridized carbons (Fsp3) is 0.250. The highest BCUT2D eigenvalue weighted by Crippen LogP contribution is 2.46. The van der Waals surface area contributed by atoms with Crippen molar-refractivity contribution in [1.82, 2.24) is 15.1 Å². The Bertz CT molecular complexity index is 2590. The molecule has 69 heavy (non-hydrogen) atoms. The molecule has 0 unspecified atom stereocenters. The molecule has 2 fully saturated rings. The summed E-state index contributed by atoms with van der Waals surface area (Å²) >= 11 is 5.83. The lowest BCUT2D eigenvalue weighted by Gasteiger charge is -2.49. The number of hydrogen-bond acceptors (Lipinski definition) is 14. The van der Waals surface area contributed by atoms with Gasteiger partial charge in [-0.3, -0.25) is 24.2 Å². The van der Waals surface area contributed by atoms with Gasteiger partial charge in [0.25, 0.3) is 5.91 Å². The van der Waals surface area contributed by atoms with Gasteiger partial charge in [-0.25, -0.2) is 9.59 Å². The number of fused-ring (bicyclic) bond motifs is 2. The third kappa shape index (κ3) is 11.5. The number of esters is 2. The first-order valence-corrected chi connectivity index (χ1v) is 26.0. The molecule has 2 saturated heterocycles. The first kappa shape index (κ1) is 49.6. The summed E-state index contributed by atoms with van der Waals surface area (Å²) in [5, 5.41) is 2.24. The highest BCUT2D eigenvalue weighted by atomic mass is 32.2. The number of rotatable bonds is 17. The van der Waals surface area contributed by atoms with Crippen molar-refractivity contribution in [3.63, 3.8) is 0 Å². The van der Waals surface area contributed by atoms with Crippen LogP contribution >= 0.6 is 47.0 Å². The third-order valence-corrected chi connectivity index (χ3v) is 16.4. The Morgan fingerprint density at radius 3 is 1.38 bits per heavy atom. The number of methoxy groups -OCH3 is 2. The fourth-order valence-electron chi connectivity index (χ4n) is 8.04. The van der Waals surface area contributed by atoms with Crippen molar-refractivity contribution in [2.75, 3.05) is 37.6 Å². The molecule has 17 heteroatoms. The van der Waals surface area contributed by atoms with Gasteiger partial charge in [-0.05, 0) is 27.8 Å². The summed E-state index contributed by atoms with van der Waals surface area (Å²) in [5.41, 5.74) is 10.7. The summed E-state index contributed by atoms with van der Waals surface area (Å²) in [6.45, 7) is 0. The Balaban J connectivity index is 0.000000192. The van der Waals surface area contributed by atoms with E-state index in [1.165, 1.54) is 45.1 Å². The molecule has 5 aromatic rings. The lowest BCUT2D eigenvalue weighted by molar-refractivity contribution is -0.154. The molecule has 3 N–H and O–H groups in total. The topological polar surface area (TPSA) is 167 Å². The van der Waals surface area contributed by atoms with E-state index < -0.39 is 41.6 Å². The van der Waals surface area contributed by atoms with Gasteiger partial charge in [-0.1, -0.05) is 175 Å². The van der Waals surface area contributed by atoms with E-state index >= 15 is 0 Å². The van der Waals surface area contributed by atoms with Crippen LogP contribution in [-0.2, 0) is 49.3 Å². The van der Waals surface area contributed by atoms with Crippen LogP contribution in [0.3, 0.4) is 0 Å². The van der Waals surface area contributed by atoms with E-state index in [9.17, 15) is 24.0 Å². The normalized spacial score (nSPS) is 19.4. The molecular weight excluding hydrogens is 953 g/mol. The van der Waals surface area contributed by atoms with Crippen LogP contribution in [0.25, 0.3) is 0 Å². The Kier molecular flexibility index (Phi) is 17.0. The van der Waals surface area contributed by atoms with E-state index in [1.54, 1.807) is 26.0 Å². The molecule has 356 valence electrons. The maximum Gasteiger partial charge on any atom is 0.356 e. The van der Waals surface area contributed by atoms with E-state index in [2.05, 4.69) is 5.32 Å². The minimum absolute atomic E-state index is 0.178. The molecule has 0 aromatic heterocycles. The molecular formula is C52H50N4O9S4. The van der Waals surface area contributed by atoms with Crippen molar-refractivity contribution in [2.24, 2.45) is 5.73 Å². The molecule has 4 heterocycles. The summed E-state index contributed by atoms with van der Waals surface area (Å²) in [7, 11) is 3.17. The maximum absolute atomic E-state index is 13.8. The number of benzene rings is 5. The summed E-state index contributed by atoms with van der Waals surface area (Å²) in [5.74, 6) is -0.139. The van der Waals surface area contributed by atoms with Crippen molar-refractivity contribution in [3.05, 3.63) is 201 Å². The van der Waals surface area contributed by atoms with Crippen molar-refractivity contribution in [2.45, 2.75) is 41.5 Å². The molecule has 4 atom stereocenters. The van der Waals surface area contributed by atoms with Crippen LogP contribution in [0.15, 0.2) is 173 Å². The number of ether oxygens (including phenoxy) is 4. The highest BCUT2D eigenvalue weighted by Gasteiger charge is 2.55. The number of nitrogens with two attached hydrogens (primary N) is 1. The van der Waals surface area contributed by atoms with Gasteiger partial charge in [0.15, 0.2) is 12.2 Å². The summed E-state index contributed by atoms with van der Waals surface area (Å²) in [4.78, 5) is 70.1. The lowest BCUT2D eigenvalue weighted by Crippen LogP contribution is -2.70. The van der Waals surface area contributed by atoms with Crippen LogP contribution in [0.1, 0.15) is 40.0 Å². The largest absolute Gasteiger partial charge is 0.448 e. The summed E-state index contributed by atoms with van der Waals surface area (Å²) in [6.07, 6.45) is -1.05. The smallest absolute Gasteiger partial charge is 0.356 e. The molecule has 5 aromatic carbocycles. The predicted octanol–water partition coefficient (Wildman–Crippen LogP) is 7.62. The van der Waals surface area contributed by atoms with Gasteiger partial charge in [0.05, 0.1) is 18.3 Å². The molecule has 3 amide bonds. The van der Waals surface area contributed by atoms with E-state index in [1.807, 2.05) is 152 Å². The Morgan fingerprint density at radius 2 is 0.971 bits per heavy atom. The fourth-order valence-corrected chi connectivity index (χ4v) is 12.6. The van der Waals surface area contributed by atoms with E-state index in [-0.39, 0.29) is 40.9 Å². The number of nitrogens with one attached hydrogen (secondary N) is 1. The van der Waals surface area contributed by atoms with E-state index in [4.69, 9.17) is 24.7 Å². The SMILES string of the molecule is COCSC1=C(C(=O)OC(c2ccccc2)c2ccccc2)N2C(=O)[C@@H](N)[C@H]2SC1.COCSC1=C(C(=O)OC(c2ccccc2)c2ccccc2)N2C(=O)[C@@H](NC(=O)Cc3ccccc3)[C@H]2SC1. The van der Waals surface area contributed by atoms with Crippen LogP contribution in [0.2, 0.25) is 0 Å². The third-order valence-electron chi connectivity index (χ3n) is 11.4. The van der Waals surface area contributed by atoms with Crippen molar-refractivity contribution >= 4 is 76.7 Å². The number of carbonyl (C=O) groups is 5. The minimum Gasteiger partial charge on any atom is -0.448 e. The van der Waals surface area contributed by atoms with Crippen LogP contribution in [0, 0.1) is 0 Å². The van der Waals surface area contributed by atoms with Crippen LogP contribution in [-0.4, -0.2) is 99.9 Å². The maximum atomic E-state index is 13.8. The Hall–Kier alpha value is -5.79. The Morgan fingerprint density at radius 1 is 0.594 bits per heavy atom. The number of thioether (sulfide) groups is 4. The molecule has 0 spiro atoms. The molecule has 0 bridgehead atoms. The van der Waals surface area contributed by atoms with Crippen molar-refractivity contribution in [3.8, 4) is 0 Å². The minimum atomic E-state index is -0.706. The van der Waals surface area contributed by atoms with Gasteiger partial charge in [0.1, 0.15) is 34.2 Å². The summed E-state index contributed by atoms with van der Waals surface area (Å²) < 4.78 is 22.5. The quantitative estimate of drug-likeness (QED) is 0.0531. The molecule has 4 aliphatic heterocycles. The van der Waals surface area contributed by atoms with Crippen molar-refractivity contribution in [1.29, 1.82) is 0 Å². The molecule has 0 radical (unpaired) electrons. The van der Waals surface area contributed by atoms with E-state index in [0.717, 1.165) is 32.7 Å². The average molecular weight is 1000 g/mol. The molecule has 0 saturated carbocycles. The van der Waals surface area contributed by atoms with Gasteiger partial charge in [0, 0.05) is 35.5 Å². The number of amides is 3. The van der Waals surface area contributed by atoms with Crippen LogP contribution in [0.4, 0.5) is 0 Å². The van der Waals surface area contributed by atoms with Gasteiger partial charge < -0.3 is 30.0 Å². The van der Waals surface area contributed by atoms with Gasteiger partial charge in [-0.2, -0.15) is 0 Å². The van der Waals surface area contributed by atoms with Gasteiger partial charge >= 0.3 is 11.9 Å². The monoisotopic (exact) mass is 1000 g/mol. The second-order valence-electron chi connectivity index (χ2n) is 15.9. The van der Waals surface area contributed by atoms with E-state index in [0.29, 0.717) is 28.3 Å². The van der Waals surface area contributed by atoms with Crippen molar-refractivity contribution < 1.29 is 42.9 Å². The number of nitrogens with zero attached hydrogens (tertiary/aromatic N) is 2. The second kappa shape index (κ2) is 23.7. The first-order valence-electron chi connectivity index (χ1n) is 22.0. The number of β-lactam (4-membered cyclic amide) rings is 2. The van der Waals surface area contributed by atoms with Gasteiger partial charge in [-0.15, -0.1) is 23.5 Å².